The Morgan fingerprint density at radius 3 is 3.08 bits per heavy atom. The number of thioether (sulfide) groups is 1. The maximum Gasteiger partial charge on any atom is 0.0790 e. The lowest BCUT2D eigenvalue weighted by molar-refractivity contribution is 0.751. The van der Waals surface area contributed by atoms with E-state index in [1.165, 1.54) is 11.3 Å². The number of nitrogens with one attached hydrogen (secondary N) is 1. The van der Waals surface area contributed by atoms with E-state index in [0.717, 1.165) is 11.6 Å². The van der Waals surface area contributed by atoms with Crippen molar-refractivity contribution < 1.29 is 0 Å². The van der Waals surface area contributed by atoms with Gasteiger partial charge in [0.25, 0.3) is 0 Å². The third-order valence-corrected chi connectivity index (χ3v) is 3.31. The molecule has 12 heavy (non-hydrogen) atoms. The van der Waals surface area contributed by atoms with E-state index in [1.807, 2.05) is 30.0 Å². The van der Waals surface area contributed by atoms with Gasteiger partial charge in [-0.25, -0.2) is 0 Å². The van der Waals surface area contributed by atoms with Crippen LogP contribution < -0.4 is 5.32 Å². The van der Waals surface area contributed by atoms with Crippen LogP contribution in [0.2, 0.25) is 5.02 Å². The number of hydrogen-bond donors (Lipinski definition) is 1. The molecule has 1 nitrogen and oxygen atoms in total. The first kappa shape index (κ1) is 8.42. The molecule has 1 unspecified atom stereocenters. The zero-order chi connectivity index (χ0) is 8.39. The van der Waals surface area contributed by atoms with E-state index in [4.69, 9.17) is 11.6 Å². The van der Waals surface area contributed by atoms with Gasteiger partial charge in [-0.1, -0.05) is 23.7 Å². The van der Waals surface area contributed by atoms with Crippen LogP contribution in [0.25, 0.3) is 0 Å². The zero-order valence-corrected chi connectivity index (χ0v) is 8.16. The fraction of sp³-hybridized carbons (Fsp3) is 0.333. The number of hydrogen-bond acceptors (Lipinski definition) is 2. The summed E-state index contributed by atoms with van der Waals surface area (Å²) in [7, 11) is 0. The predicted octanol–water partition coefficient (Wildman–Crippen LogP) is 2.68. The molecule has 1 heterocycles. The molecule has 0 radical (unpaired) electrons. The molecule has 0 amide bonds. The van der Waals surface area contributed by atoms with Gasteiger partial charge in [0.1, 0.15) is 0 Å². The van der Waals surface area contributed by atoms with Crippen molar-refractivity contribution in [3.05, 3.63) is 34.9 Å². The van der Waals surface area contributed by atoms with Crippen molar-refractivity contribution in [3.8, 4) is 0 Å². The summed E-state index contributed by atoms with van der Waals surface area (Å²) in [4.78, 5) is 0. The second kappa shape index (κ2) is 3.69. The van der Waals surface area contributed by atoms with E-state index in [-0.39, 0.29) is 0 Å². The van der Waals surface area contributed by atoms with Gasteiger partial charge in [-0.3, -0.25) is 0 Å². The van der Waals surface area contributed by atoms with Crippen molar-refractivity contribution in [2.75, 3.05) is 12.3 Å². The molecule has 1 N–H and O–H groups in total. The molecule has 64 valence electrons. The Kier molecular flexibility index (Phi) is 2.59. The van der Waals surface area contributed by atoms with E-state index < -0.39 is 0 Å². The monoisotopic (exact) mass is 199 g/mol. The van der Waals surface area contributed by atoms with E-state index in [0.29, 0.717) is 5.37 Å². The number of benzene rings is 1. The SMILES string of the molecule is Clc1cccc(C2NCCS2)c1. The summed E-state index contributed by atoms with van der Waals surface area (Å²) in [6, 6.07) is 8.04. The summed E-state index contributed by atoms with van der Waals surface area (Å²) in [5.41, 5.74) is 1.28. The maximum atomic E-state index is 5.89. The molecular formula is C9H10ClNS. The molecule has 1 aliphatic heterocycles. The molecular weight excluding hydrogens is 190 g/mol. The molecule has 3 heteroatoms. The van der Waals surface area contributed by atoms with Crippen molar-refractivity contribution in [3.63, 3.8) is 0 Å². The largest absolute Gasteiger partial charge is 0.301 e. The van der Waals surface area contributed by atoms with Gasteiger partial charge in [-0.15, -0.1) is 11.8 Å². The Morgan fingerprint density at radius 2 is 2.42 bits per heavy atom. The highest BCUT2D eigenvalue weighted by Gasteiger charge is 2.16. The van der Waals surface area contributed by atoms with Gasteiger partial charge in [0.15, 0.2) is 0 Å². The van der Waals surface area contributed by atoms with Gasteiger partial charge in [0.2, 0.25) is 0 Å². The van der Waals surface area contributed by atoms with Gasteiger partial charge < -0.3 is 5.32 Å². The molecule has 1 aromatic rings. The van der Waals surface area contributed by atoms with Crippen LogP contribution in [0.3, 0.4) is 0 Å². The predicted molar refractivity (Wildman–Crippen MR) is 54.7 cm³/mol. The molecule has 0 aliphatic carbocycles. The fourth-order valence-corrected chi connectivity index (χ4v) is 2.55. The maximum absolute atomic E-state index is 5.89. The van der Waals surface area contributed by atoms with Crippen molar-refractivity contribution in [2.24, 2.45) is 0 Å². The van der Waals surface area contributed by atoms with Crippen LogP contribution in [-0.2, 0) is 0 Å². The van der Waals surface area contributed by atoms with Gasteiger partial charge >= 0.3 is 0 Å². The smallest absolute Gasteiger partial charge is 0.0790 e. The zero-order valence-electron chi connectivity index (χ0n) is 6.59. The van der Waals surface area contributed by atoms with E-state index >= 15 is 0 Å². The first-order chi connectivity index (χ1) is 5.86. The van der Waals surface area contributed by atoms with Crippen molar-refractivity contribution in [1.82, 2.24) is 5.32 Å². The van der Waals surface area contributed by atoms with E-state index in [9.17, 15) is 0 Å². The van der Waals surface area contributed by atoms with Gasteiger partial charge in [0, 0.05) is 17.3 Å². The molecule has 1 aliphatic rings. The summed E-state index contributed by atoms with van der Waals surface area (Å²) in [6.07, 6.45) is 0. The summed E-state index contributed by atoms with van der Waals surface area (Å²) in [6.45, 7) is 1.10. The molecule has 0 bridgehead atoms. The second-order valence-electron chi connectivity index (χ2n) is 2.76. The highest BCUT2D eigenvalue weighted by atomic mass is 35.5. The lowest BCUT2D eigenvalue weighted by Gasteiger charge is -2.09. The minimum Gasteiger partial charge on any atom is -0.301 e. The molecule has 2 rings (SSSR count). The van der Waals surface area contributed by atoms with Crippen LogP contribution in [0, 0.1) is 0 Å². The molecule has 1 aromatic carbocycles. The number of rotatable bonds is 1. The average Bonchev–Trinajstić information content (AvgIpc) is 2.56. The minimum atomic E-state index is 0.448. The first-order valence-corrected chi connectivity index (χ1v) is 5.39. The standard InChI is InChI=1S/C9H10ClNS/c10-8-3-1-2-7(6-8)9-11-4-5-12-9/h1-3,6,9,11H,4-5H2. The van der Waals surface area contributed by atoms with Crippen molar-refractivity contribution in [1.29, 1.82) is 0 Å². The van der Waals surface area contributed by atoms with Crippen LogP contribution in [0.15, 0.2) is 24.3 Å². The summed E-state index contributed by atoms with van der Waals surface area (Å²) in [5, 5.41) is 4.67. The Balaban J connectivity index is 2.21. The summed E-state index contributed by atoms with van der Waals surface area (Å²) < 4.78 is 0. The lowest BCUT2D eigenvalue weighted by atomic mass is 10.2. The molecule has 1 fully saturated rings. The summed E-state index contributed by atoms with van der Waals surface area (Å²) >= 11 is 7.82. The highest BCUT2D eigenvalue weighted by Crippen LogP contribution is 2.30. The Morgan fingerprint density at radius 1 is 1.50 bits per heavy atom. The van der Waals surface area contributed by atoms with Gasteiger partial charge in [-0.05, 0) is 17.7 Å². The summed E-state index contributed by atoms with van der Waals surface area (Å²) in [5.74, 6) is 1.19. The molecule has 0 saturated carbocycles. The lowest BCUT2D eigenvalue weighted by Crippen LogP contribution is -2.11. The van der Waals surface area contributed by atoms with Crippen molar-refractivity contribution in [2.45, 2.75) is 5.37 Å². The van der Waals surface area contributed by atoms with Crippen LogP contribution in [0.4, 0.5) is 0 Å². The van der Waals surface area contributed by atoms with Gasteiger partial charge in [-0.2, -0.15) is 0 Å². The quantitative estimate of drug-likeness (QED) is 0.747. The third kappa shape index (κ3) is 1.76. The average molecular weight is 200 g/mol. The fourth-order valence-electron chi connectivity index (χ4n) is 1.31. The molecule has 1 saturated heterocycles. The van der Waals surface area contributed by atoms with Crippen molar-refractivity contribution >= 4 is 23.4 Å². The van der Waals surface area contributed by atoms with Crippen LogP contribution in [-0.4, -0.2) is 12.3 Å². The number of halogens is 1. The van der Waals surface area contributed by atoms with Crippen LogP contribution in [0.5, 0.6) is 0 Å². The topological polar surface area (TPSA) is 12.0 Å². The molecule has 0 spiro atoms. The van der Waals surface area contributed by atoms with E-state index in [2.05, 4.69) is 11.4 Å². The normalized spacial score (nSPS) is 22.9. The third-order valence-electron chi connectivity index (χ3n) is 1.87. The van der Waals surface area contributed by atoms with Crippen LogP contribution >= 0.6 is 23.4 Å². The highest BCUT2D eigenvalue weighted by molar-refractivity contribution is 7.99. The Labute approximate surface area is 81.5 Å². The van der Waals surface area contributed by atoms with Gasteiger partial charge in [0.05, 0.1) is 5.37 Å². The minimum absolute atomic E-state index is 0.448. The molecule has 1 atom stereocenters. The van der Waals surface area contributed by atoms with Crippen LogP contribution in [0.1, 0.15) is 10.9 Å². The second-order valence-corrected chi connectivity index (χ2v) is 4.41. The Bertz CT molecular complexity index is 271. The van der Waals surface area contributed by atoms with E-state index in [1.54, 1.807) is 0 Å². The molecule has 0 aromatic heterocycles. The Hall–Kier alpha value is -0.180. The first-order valence-electron chi connectivity index (χ1n) is 3.97.